The molecule has 0 spiro atoms. The van der Waals surface area contributed by atoms with Crippen molar-refractivity contribution in [2.45, 2.75) is 0 Å². The zero-order valence-corrected chi connectivity index (χ0v) is 12.6. The number of hydrogen-bond donors (Lipinski definition) is 0. The van der Waals surface area contributed by atoms with Gasteiger partial charge in [-0.2, -0.15) is 0 Å². The number of ether oxygens (including phenoxy) is 1. The van der Waals surface area contributed by atoms with Gasteiger partial charge in [0.15, 0.2) is 0 Å². The smallest absolute Gasteiger partial charge is 0.365 e. The monoisotopic (exact) mass is 305 g/mol. The Morgan fingerprint density at radius 3 is 2.48 bits per heavy atom. The predicted octanol–water partition coefficient (Wildman–Crippen LogP) is 4.04. The van der Waals surface area contributed by atoms with Crippen molar-refractivity contribution in [3.05, 3.63) is 77.9 Å². The summed E-state index contributed by atoms with van der Waals surface area (Å²) >= 11 is 0. The first-order valence-corrected chi connectivity index (χ1v) is 7.14. The minimum Gasteiger partial charge on any atom is -0.497 e. The van der Waals surface area contributed by atoms with Crippen LogP contribution in [0.3, 0.4) is 0 Å². The van der Waals surface area contributed by atoms with Gasteiger partial charge in [-0.1, -0.05) is 47.6 Å². The number of fused-ring (bicyclic) bond motifs is 1. The topological polar surface area (TPSA) is 47.9 Å². The standard InChI is InChI=1S/C19H15NO3/c1-22-17-11-9-15(10-12-17)19(21)23-20-13-16-7-4-6-14-5-2-3-8-18(14)16/h2-13H,1H3/b20-13+. The van der Waals surface area contributed by atoms with E-state index in [1.807, 2.05) is 42.5 Å². The Hall–Kier alpha value is -3.14. The molecule has 0 aromatic heterocycles. The van der Waals surface area contributed by atoms with E-state index in [0.717, 1.165) is 16.3 Å². The Labute approximate surface area is 134 Å². The van der Waals surface area contributed by atoms with Gasteiger partial charge in [0.2, 0.25) is 0 Å². The van der Waals surface area contributed by atoms with Crippen molar-refractivity contribution in [3.8, 4) is 5.75 Å². The summed E-state index contributed by atoms with van der Waals surface area (Å²) in [4.78, 5) is 16.9. The van der Waals surface area contributed by atoms with Gasteiger partial charge in [-0.05, 0) is 35.0 Å². The molecule has 0 saturated carbocycles. The second-order valence-corrected chi connectivity index (χ2v) is 4.91. The maximum absolute atomic E-state index is 11.9. The summed E-state index contributed by atoms with van der Waals surface area (Å²) in [5.74, 6) is 0.171. The molecule has 3 rings (SSSR count). The van der Waals surface area contributed by atoms with Crippen LogP contribution in [0, 0.1) is 0 Å². The molecule has 4 nitrogen and oxygen atoms in total. The zero-order chi connectivity index (χ0) is 16.1. The summed E-state index contributed by atoms with van der Waals surface area (Å²) in [7, 11) is 1.57. The molecule has 114 valence electrons. The third kappa shape index (κ3) is 3.37. The predicted molar refractivity (Wildman–Crippen MR) is 90.0 cm³/mol. The molecule has 0 N–H and O–H groups in total. The van der Waals surface area contributed by atoms with Crippen molar-refractivity contribution in [2.24, 2.45) is 5.16 Å². The summed E-state index contributed by atoms with van der Waals surface area (Å²) in [5.41, 5.74) is 1.31. The highest BCUT2D eigenvalue weighted by Gasteiger charge is 2.06. The fourth-order valence-corrected chi connectivity index (χ4v) is 2.27. The summed E-state index contributed by atoms with van der Waals surface area (Å²) in [5, 5.41) is 5.97. The second-order valence-electron chi connectivity index (χ2n) is 4.91. The van der Waals surface area contributed by atoms with Gasteiger partial charge in [0.1, 0.15) is 5.75 Å². The van der Waals surface area contributed by atoms with Crippen LogP contribution in [0.25, 0.3) is 10.8 Å². The second kappa shape index (κ2) is 6.75. The van der Waals surface area contributed by atoms with Gasteiger partial charge in [-0.3, -0.25) is 0 Å². The van der Waals surface area contributed by atoms with Gasteiger partial charge in [-0.25, -0.2) is 4.79 Å². The van der Waals surface area contributed by atoms with E-state index in [1.165, 1.54) is 0 Å². The molecule has 0 unspecified atom stereocenters. The molecule has 0 radical (unpaired) electrons. The molecular formula is C19H15NO3. The van der Waals surface area contributed by atoms with Gasteiger partial charge >= 0.3 is 5.97 Å². The number of benzene rings is 3. The van der Waals surface area contributed by atoms with Crippen molar-refractivity contribution in [1.29, 1.82) is 0 Å². The molecule has 0 saturated heterocycles. The molecule has 3 aromatic rings. The van der Waals surface area contributed by atoms with Crippen LogP contribution in [0.4, 0.5) is 0 Å². The molecule has 0 fully saturated rings. The Bertz CT molecular complexity index is 849. The first kappa shape index (κ1) is 14.8. The van der Waals surface area contributed by atoms with Crippen LogP contribution in [-0.4, -0.2) is 19.3 Å². The van der Waals surface area contributed by atoms with Crippen molar-refractivity contribution < 1.29 is 14.4 Å². The number of carbonyl (C=O) groups excluding carboxylic acids is 1. The van der Waals surface area contributed by atoms with E-state index in [4.69, 9.17) is 9.57 Å². The van der Waals surface area contributed by atoms with Crippen LogP contribution in [-0.2, 0) is 4.84 Å². The lowest BCUT2D eigenvalue weighted by Crippen LogP contribution is -2.01. The third-order valence-corrected chi connectivity index (χ3v) is 3.48. The fraction of sp³-hybridized carbons (Fsp3) is 0.0526. The highest BCUT2D eigenvalue weighted by molar-refractivity contribution is 6.00. The molecule has 0 aliphatic rings. The van der Waals surface area contributed by atoms with Gasteiger partial charge in [0.05, 0.1) is 18.9 Å². The average Bonchev–Trinajstić information content (AvgIpc) is 2.62. The normalized spacial score (nSPS) is 10.8. The SMILES string of the molecule is COc1ccc(C(=O)O/N=C/c2cccc3ccccc23)cc1. The Balaban J connectivity index is 1.73. The number of carbonyl (C=O) groups is 1. The molecule has 0 amide bonds. The molecule has 23 heavy (non-hydrogen) atoms. The van der Waals surface area contributed by atoms with E-state index in [2.05, 4.69) is 5.16 Å². The van der Waals surface area contributed by atoms with Crippen molar-refractivity contribution in [2.75, 3.05) is 7.11 Å². The number of hydrogen-bond acceptors (Lipinski definition) is 4. The van der Waals surface area contributed by atoms with Crippen LogP contribution in [0.15, 0.2) is 71.9 Å². The molecule has 4 heteroatoms. The number of oxime groups is 1. The summed E-state index contributed by atoms with van der Waals surface area (Å²) < 4.78 is 5.05. The number of rotatable bonds is 4. The first-order chi connectivity index (χ1) is 11.3. The minimum atomic E-state index is -0.510. The molecule has 0 bridgehead atoms. The number of methoxy groups -OCH3 is 1. The number of nitrogens with zero attached hydrogens (tertiary/aromatic N) is 1. The van der Waals surface area contributed by atoms with Crippen LogP contribution in [0.2, 0.25) is 0 Å². The average molecular weight is 305 g/mol. The fourth-order valence-electron chi connectivity index (χ4n) is 2.27. The Morgan fingerprint density at radius 2 is 1.70 bits per heavy atom. The summed E-state index contributed by atoms with van der Waals surface area (Å²) in [6.07, 6.45) is 1.55. The highest BCUT2D eigenvalue weighted by atomic mass is 16.7. The van der Waals surface area contributed by atoms with E-state index < -0.39 is 5.97 Å². The molecule has 0 heterocycles. The van der Waals surface area contributed by atoms with E-state index in [1.54, 1.807) is 37.6 Å². The van der Waals surface area contributed by atoms with Gasteiger partial charge in [0.25, 0.3) is 0 Å². The molecule has 0 aliphatic carbocycles. The van der Waals surface area contributed by atoms with Gasteiger partial charge < -0.3 is 9.57 Å². The van der Waals surface area contributed by atoms with Crippen LogP contribution >= 0.6 is 0 Å². The minimum absolute atomic E-state index is 0.417. The summed E-state index contributed by atoms with van der Waals surface area (Å²) in [6.45, 7) is 0. The molecule has 0 aliphatic heterocycles. The maximum Gasteiger partial charge on any atom is 0.365 e. The summed E-state index contributed by atoms with van der Waals surface area (Å²) in [6, 6.07) is 20.5. The van der Waals surface area contributed by atoms with Gasteiger partial charge in [0, 0.05) is 5.56 Å². The first-order valence-electron chi connectivity index (χ1n) is 7.14. The third-order valence-electron chi connectivity index (χ3n) is 3.48. The van der Waals surface area contributed by atoms with Crippen molar-refractivity contribution in [1.82, 2.24) is 0 Å². The van der Waals surface area contributed by atoms with Crippen LogP contribution in [0.1, 0.15) is 15.9 Å². The molecule has 3 aromatic carbocycles. The van der Waals surface area contributed by atoms with Gasteiger partial charge in [-0.15, -0.1) is 0 Å². The quantitative estimate of drug-likeness (QED) is 0.415. The van der Waals surface area contributed by atoms with E-state index in [0.29, 0.717) is 11.3 Å². The molecule has 0 atom stereocenters. The largest absolute Gasteiger partial charge is 0.497 e. The Kier molecular flexibility index (Phi) is 4.34. The lowest BCUT2D eigenvalue weighted by atomic mass is 10.1. The van der Waals surface area contributed by atoms with E-state index in [9.17, 15) is 4.79 Å². The van der Waals surface area contributed by atoms with E-state index >= 15 is 0 Å². The maximum atomic E-state index is 11.9. The van der Waals surface area contributed by atoms with E-state index in [-0.39, 0.29) is 0 Å². The van der Waals surface area contributed by atoms with Crippen molar-refractivity contribution in [3.63, 3.8) is 0 Å². The lowest BCUT2D eigenvalue weighted by Gasteiger charge is -2.02. The van der Waals surface area contributed by atoms with Crippen molar-refractivity contribution >= 4 is 23.0 Å². The zero-order valence-electron chi connectivity index (χ0n) is 12.6. The highest BCUT2D eigenvalue weighted by Crippen LogP contribution is 2.17. The Morgan fingerprint density at radius 1 is 0.957 bits per heavy atom. The van der Waals surface area contributed by atoms with Crippen LogP contribution in [0.5, 0.6) is 5.75 Å². The lowest BCUT2D eigenvalue weighted by molar-refractivity contribution is 0.0519. The van der Waals surface area contributed by atoms with Crippen LogP contribution < -0.4 is 4.74 Å². The molecular weight excluding hydrogens is 290 g/mol.